The summed E-state index contributed by atoms with van der Waals surface area (Å²) in [6.07, 6.45) is 5.85. The van der Waals surface area contributed by atoms with Gasteiger partial charge in [0.05, 0.1) is 5.69 Å². The lowest BCUT2D eigenvalue weighted by atomic mass is 10.0. The summed E-state index contributed by atoms with van der Waals surface area (Å²) in [5.41, 5.74) is 3.75. The van der Waals surface area contributed by atoms with Gasteiger partial charge in [-0.25, -0.2) is 4.98 Å². The summed E-state index contributed by atoms with van der Waals surface area (Å²) >= 11 is 0. The first-order valence-corrected chi connectivity index (χ1v) is 6.94. The minimum Gasteiger partial charge on any atom is -0.334 e. The third-order valence-electron chi connectivity index (χ3n) is 3.94. The molecule has 1 aromatic carbocycles. The molecule has 0 spiro atoms. The number of hydrogen-bond acceptors (Lipinski definition) is 1. The monoisotopic (exact) mass is 240 g/mol. The van der Waals surface area contributed by atoms with Crippen molar-refractivity contribution in [1.29, 1.82) is 0 Å². The second-order valence-corrected chi connectivity index (χ2v) is 5.27. The summed E-state index contributed by atoms with van der Waals surface area (Å²) in [7, 11) is 0. The van der Waals surface area contributed by atoms with E-state index in [-0.39, 0.29) is 0 Å². The van der Waals surface area contributed by atoms with Crippen LogP contribution in [0.1, 0.15) is 44.0 Å². The molecular formula is C16H20N2. The zero-order chi connectivity index (χ0) is 12.5. The van der Waals surface area contributed by atoms with Gasteiger partial charge >= 0.3 is 0 Å². The standard InChI is InChI=1S/C16H20N2/c1-3-13-6-8-14(9-7-13)15-11-18-10-4-5-12(2)16(18)17-15/h6-9,11-12H,3-5,10H2,1-2H3. The van der Waals surface area contributed by atoms with Crippen molar-refractivity contribution in [3.05, 3.63) is 41.9 Å². The lowest BCUT2D eigenvalue weighted by molar-refractivity contribution is 0.463. The molecule has 0 N–H and O–H groups in total. The van der Waals surface area contributed by atoms with Crippen molar-refractivity contribution in [3.8, 4) is 11.3 Å². The van der Waals surface area contributed by atoms with Crippen LogP contribution in [0.5, 0.6) is 0 Å². The predicted octanol–water partition coefficient (Wildman–Crippen LogP) is 4.01. The summed E-state index contributed by atoms with van der Waals surface area (Å²) in [5.74, 6) is 1.86. The first-order valence-electron chi connectivity index (χ1n) is 6.94. The van der Waals surface area contributed by atoms with Gasteiger partial charge in [0.15, 0.2) is 0 Å². The summed E-state index contributed by atoms with van der Waals surface area (Å²) in [6.45, 7) is 5.59. The number of rotatable bonds is 2. The average molecular weight is 240 g/mol. The fourth-order valence-corrected chi connectivity index (χ4v) is 2.75. The van der Waals surface area contributed by atoms with Crippen LogP contribution in [0, 0.1) is 0 Å². The van der Waals surface area contributed by atoms with Gasteiger partial charge in [-0.15, -0.1) is 0 Å². The number of hydrogen-bond donors (Lipinski definition) is 0. The first-order chi connectivity index (χ1) is 8.78. The second-order valence-electron chi connectivity index (χ2n) is 5.27. The third-order valence-corrected chi connectivity index (χ3v) is 3.94. The van der Waals surface area contributed by atoms with Gasteiger partial charge in [0, 0.05) is 24.2 Å². The zero-order valence-corrected chi connectivity index (χ0v) is 11.2. The highest BCUT2D eigenvalue weighted by Gasteiger charge is 2.19. The van der Waals surface area contributed by atoms with Gasteiger partial charge in [-0.1, -0.05) is 38.1 Å². The number of fused-ring (bicyclic) bond motifs is 1. The van der Waals surface area contributed by atoms with Crippen molar-refractivity contribution in [2.24, 2.45) is 0 Å². The molecule has 0 fully saturated rings. The minimum absolute atomic E-state index is 0.599. The van der Waals surface area contributed by atoms with Crippen LogP contribution in [0.15, 0.2) is 30.5 Å². The minimum atomic E-state index is 0.599. The third kappa shape index (κ3) is 1.96. The Hall–Kier alpha value is -1.57. The fraction of sp³-hybridized carbons (Fsp3) is 0.438. The van der Waals surface area contributed by atoms with Crippen LogP contribution in [0.2, 0.25) is 0 Å². The Morgan fingerprint density at radius 3 is 2.72 bits per heavy atom. The van der Waals surface area contributed by atoms with Gasteiger partial charge in [-0.3, -0.25) is 0 Å². The first kappa shape index (κ1) is 11.5. The largest absolute Gasteiger partial charge is 0.334 e. The molecule has 2 heteroatoms. The number of aryl methyl sites for hydroxylation is 2. The van der Waals surface area contributed by atoms with Crippen molar-refractivity contribution < 1.29 is 0 Å². The SMILES string of the molecule is CCc1ccc(-c2cn3c(n2)C(C)CCC3)cc1. The molecule has 2 nitrogen and oxygen atoms in total. The molecular weight excluding hydrogens is 220 g/mol. The molecule has 3 rings (SSSR count). The van der Waals surface area contributed by atoms with Crippen LogP contribution in [0.4, 0.5) is 0 Å². The Kier molecular flexibility index (Phi) is 2.94. The van der Waals surface area contributed by atoms with Crippen LogP contribution < -0.4 is 0 Å². The van der Waals surface area contributed by atoms with Gasteiger partial charge in [-0.2, -0.15) is 0 Å². The van der Waals surface area contributed by atoms with Crippen molar-refractivity contribution >= 4 is 0 Å². The lowest BCUT2D eigenvalue weighted by Gasteiger charge is -2.19. The Morgan fingerprint density at radius 2 is 2.06 bits per heavy atom. The van der Waals surface area contributed by atoms with E-state index in [1.807, 2.05) is 0 Å². The normalized spacial score (nSPS) is 18.7. The molecule has 18 heavy (non-hydrogen) atoms. The summed E-state index contributed by atoms with van der Waals surface area (Å²) in [6, 6.07) is 8.80. The van der Waals surface area contributed by atoms with Crippen LogP contribution in [-0.2, 0) is 13.0 Å². The maximum Gasteiger partial charge on any atom is 0.112 e. The molecule has 2 aromatic rings. The predicted molar refractivity (Wildman–Crippen MR) is 74.7 cm³/mol. The zero-order valence-electron chi connectivity index (χ0n) is 11.2. The van der Waals surface area contributed by atoms with Gasteiger partial charge in [0.2, 0.25) is 0 Å². The Bertz CT molecular complexity index is 537. The van der Waals surface area contributed by atoms with Gasteiger partial charge in [0.1, 0.15) is 5.82 Å². The van der Waals surface area contributed by atoms with E-state index in [0.717, 1.165) is 18.7 Å². The number of aromatic nitrogens is 2. The molecule has 0 saturated heterocycles. The van der Waals surface area contributed by atoms with Gasteiger partial charge < -0.3 is 4.57 Å². The van der Waals surface area contributed by atoms with Crippen molar-refractivity contribution in [1.82, 2.24) is 9.55 Å². The Morgan fingerprint density at radius 1 is 1.28 bits per heavy atom. The quantitative estimate of drug-likeness (QED) is 0.775. The summed E-state index contributed by atoms with van der Waals surface area (Å²) < 4.78 is 2.33. The summed E-state index contributed by atoms with van der Waals surface area (Å²) in [5, 5.41) is 0. The highest BCUT2D eigenvalue weighted by atomic mass is 15.1. The van der Waals surface area contributed by atoms with Crippen LogP contribution >= 0.6 is 0 Å². The van der Waals surface area contributed by atoms with E-state index in [2.05, 4.69) is 48.9 Å². The lowest BCUT2D eigenvalue weighted by Crippen LogP contribution is -2.12. The molecule has 0 saturated carbocycles. The topological polar surface area (TPSA) is 17.8 Å². The molecule has 94 valence electrons. The molecule has 1 aliphatic heterocycles. The maximum absolute atomic E-state index is 4.82. The van der Waals surface area contributed by atoms with E-state index in [4.69, 9.17) is 4.98 Å². The van der Waals surface area contributed by atoms with Crippen molar-refractivity contribution in [2.75, 3.05) is 0 Å². The van der Waals surface area contributed by atoms with Gasteiger partial charge in [0.25, 0.3) is 0 Å². The molecule has 1 unspecified atom stereocenters. The van der Waals surface area contributed by atoms with E-state index in [0.29, 0.717) is 5.92 Å². The number of benzene rings is 1. The molecule has 2 heterocycles. The molecule has 0 aliphatic carbocycles. The second kappa shape index (κ2) is 4.60. The Balaban J connectivity index is 1.96. The van der Waals surface area contributed by atoms with E-state index < -0.39 is 0 Å². The average Bonchev–Trinajstić information content (AvgIpc) is 2.84. The molecule has 0 bridgehead atoms. The number of nitrogens with zero attached hydrogens (tertiary/aromatic N) is 2. The van der Waals surface area contributed by atoms with Crippen molar-refractivity contribution in [3.63, 3.8) is 0 Å². The molecule has 1 atom stereocenters. The Labute approximate surface area is 109 Å². The smallest absolute Gasteiger partial charge is 0.112 e. The van der Waals surface area contributed by atoms with Crippen molar-refractivity contribution in [2.45, 2.75) is 45.6 Å². The maximum atomic E-state index is 4.82. The van der Waals surface area contributed by atoms with E-state index in [1.165, 1.54) is 29.8 Å². The number of imidazole rings is 1. The van der Waals surface area contributed by atoms with E-state index >= 15 is 0 Å². The molecule has 0 amide bonds. The highest BCUT2D eigenvalue weighted by molar-refractivity contribution is 5.59. The van der Waals surface area contributed by atoms with E-state index in [9.17, 15) is 0 Å². The molecule has 1 aromatic heterocycles. The van der Waals surface area contributed by atoms with Crippen LogP contribution in [0.25, 0.3) is 11.3 Å². The molecule has 1 aliphatic rings. The van der Waals surface area contributed by atoms with Gasteiger partial charge in [-0.05, 0) is 24.8 Å². The fourth-order valence-electron chi connectivity index (χ4n) is 2.75. The summed E-state index contributed by atoms with van der Waals surface area (Å²) in [4.78, 5) is 4.82. The highest BCUT2D eigenvalue weighted by Crippen LogP contribution is 2.29. The van der Waals surface area contributed by atoms with Crippen LogP contribution in [-0.4, -0.2) is 9.55 Å². The van der Waals surface area contributed by atoms with Crippen LogP contribution in [0.3, 0.4) is 0 Å². The molecule has 0 radical (unpaired) electrons. The van der Waals surface area contributed by atoms with E-state index in [1.54, 1.807) is 0 Å².